The van der Waals surface area contributed by atoms with Gasteiger partial charge in [-0.15, -0.1) is 0 Å². The zero-order valence-corrected chi connectivity index (χ0v) is 12.4. The number of hydrogen-bond acceptors (Lipinski definition) is 2. The number of carbonyl (C=O) groups excluding carboxylic acids is 2. The Balaban J connectivity index is 1.92. The highest BCUT2D eigenvalue weighted by Crippen LogP contribution is 2.34. The Morgan fingerprint density at radius 3 is 2.55 bits per heavy atom. The van der Waals surface area contributed by atoms with Crippen LogP contribution >= 0.6 is 23.2 Å². The van der Waals surface area contributed by atoms with E-state index in [1.807, 2.05) is 0 Å². The molecule has 0 bridgehead atoms. The van der Waals surface area contributed by atoms with Crippen LogP contribution in [0, 0.1) is 0 Å². The lowest BCUT2D eigenvalue weighted by Crippen LogP contribution is -3.14. The van der Waals surface area contributed by atoms with E-state index >= 15 is 0 Å². The van der Waals surface area contributed by atoms with Crippen molar-refractivity contribution in [2.75, 3.05) is 18.0 Å². The lowest BCUT2D eigenvalue weighted by Gasteiger charge is -2.20. The Morgan fingerprint density at radius 1 is 1.15 bits per heavy atom. The molecule has 2 fully saturated rings. The fourth-order valence-electron chi connectivity index (χ4n) is 3.05. The minimum Gasteiger partial charge on any atom is -0.324 e. The maximum absolute atomic E-state index is 12.5. The molecule has 20 heavy (non-hydrogen) atoms. The molecule has 0 aliphatic carbocycles. The fraction of sp³-hybridized carbons (Fsp3) is 0.429. The van der Waals surface area contributed by atoms with Crippen LogP contribution in [0.25, 0.3) is 0 Å². The van der Waals surface area contributed by atoms with Gasteiger partial charge in [-0.1, -0.05) is 29.3 Å². The van der Waals surface area contributed by atoms with Crippen LogP contribution in [0.15, 0.2) is 18.2 Å². The van der Waals surface area contributed by atoms with Gasteiger partial charge in [0.25, 0.3) is 5.91 Å². The van der Waals surface area contributed by atoms with E-state index in [1.54, 1.807) is 18.2 Å². The molecule has 1 atom stereocenters. The molecule has 1 N–H and O–H groups in total. The van der Waals surface area contributed by atoms with E-state index in [4.69, 9.17) is 23.2 Å². The third-order valence-corrected chi connectivity index (χ3v) is 4.87. The van der Waals surface area contributed by atoms with E-state index in [0.717, 1.165) is 25.9 Å². The number of hydrogen-bond donors (Lipinski definition) is 1. The number of nitrogens with one attached hydrogen (secondary N) is 1. The Bertz CT molecular complexity index is 570. The first-order valence-corrected chi connectivity index (χ1v) is 7.50. The number of likely N-dealkylation sites (tertiary alicyclic amines) is 1. The molecule has 6 heteroatoms. The molecule has 1 aromatic carbocycles. The predicted molar refractivity (Wildman–Crippen MR) is 77.3 cm³/mol. The summed E-state index contributed by atoms with van der Waals surface area (Å²) >= 11 is 12.1. The highest BCUT2D eigenvalue weighted by atomic mass is 35.5. The van der Waals surface area contributed by atoms with Gasteiger partial charge < -0.3 is 4.90 Å². The summed E-state index contributed by atoms with van der Waals surface area (Å²) in [5.41, 5.74) is 0.398. The van der Waals surface area contributed by atoms with Gasteiger partial charge >= 0.3 is 0 Å². The van der Waals surface area contributed by atoms with Gasteiger partial charge in [0.2, 0.25) is 5.91 Å². The summed E-state index contributed by atoms with van der Waals surface area (Å²) in [6.07, 6.45) is 2.49. The second kappa shape index (κ2) is 5.35. The topological polar surface area (TPSA) is 41.8 Å². The lowest BCUT2D eigenvalue weighted by atomic mass is 10.2. The minimum absolute atomic E-state index is 0.156. The van der Waals surface area contributed by atoms with Gasteiger partial charge in [0.1, 0.15) is 0 Å². The molecular weight excluding hydrogens is 299 g/mol. The molecule has 0 unspecified atom stereocenters. The summed E-state index contributed by atoms with van der Waals surface area (Å²) in [4.78, 5) is 27.2. The van der Waals surface area contributed by atoms with Crippen LogP contribution < -0.4 is 9.80 Å². The summed E-state index contributed by atoms with van der Waals surface area (Å²) in [5, 5.41) is 0.606. The average Bonchev–Trinajstić information content (AvgIpc) is 3.02. The Labute approximate surface area is 127 Å². The summed E-state index contributed by atoms with van der Waals surface area (Å²) in [7, 11) is 0. The SMILES string of the molecule is O=C1C[C@@H]([NH+]2CCCC2)C(=O)N1c1cccc(Cl)c1Cl. The second-order valence-corrected chi connectivity index (χ2v) is 6.05. The number of benzene rings is 1. The van der Waals surface area contributed by atoms with Crippen molar-refractivity contribution in [1.82, 2.24) is 0 Å². The number of rotatable bonds is 2. The van der Waals surface area contributed by atoms with E-state index in [0.29, 0.717) is 10.7 Å². The second-order valence-electron chi connectivity index (χ2n) is 5.26. The van der Waals surface area contributed by atoms with Crippen LogP contribution in [0.4, 0.5) is 5.69 Å². The lowest BCUT2D eigenvalue weighted by molar-refractivity contribution is -0.902. The van der Waals surface area contributed by atoms with Crippen LogP contribution in [0.5, 0.6) is 0 Å². The molecular formula is C14H15Cl2N2O2+. The number of quaternary nitrogens is 1. The van der Waals surface area contributed by atoms with Gasteiger partial charge in [-0.05, 0) is 12.1 Å². The van der Waals surface area contributed by atoms with Crippen molar-refractivity contribution >= 4 is 40.7 Å². The molecule has 2 aliphatic rings. The number of amides is 2. The molecule has 0 spiro atoms. The number of anilines is 1. The summed E-state index contributed by atoms with van der Waals surface area (Å²) in [6.45, 7) is 1.92. The summed E-state index contributed by atoms with van der Waals surface area (Å²) in [5.74, 6) is -0.348. The third kappa shape index (κ3) is 2.22. The Hall–Kier alpha value is -1.10. The van der Waals surface area contributed by atoms with Gasteiger partial charge in [0, 0.05) is 12.8 Å². The molecule has 2 saturated heterocycles. The largest absolute Gasteiger partial charge is 0.324 e. The molecule has 2 amide bonds. The van der Waals surface area contributed by atoms with E-state index < -0.39 is 0 Å². The Morgan fingerprint density at radius 2 is 1.85 bits per heavy atom. The first-order valence-electron chi connectivity index (χ1n) is 6.75. The highest BCUT2D eigenvalue weighted by Gasteiger charge is 2.46. The van der Waals surface area contributed by atoms with Gasteiger partial charge in [-0.2, -0.15) is 0 Å². The molecule has 106 valence electrons. The summed E-state index contributed by atoms with van der Waals surface area (Å²) in [6, 6.07) is 4.73. The zero-order valence-electron chi connectivity index (χ0n) is 10.9. The van der Waals surface area contributed by atoms with Crippen LogP contribution in [0.3, 0.4) is 0 Å². The first kappa shape index (κ1) is 13.9. The molecule has 4 nitrogen and oxygen atoms in total. The molecule has 1 aromatic rings. The number of imide groups is 1. The molecule has 3 rings (SSSR count). The minimum atomic E-state index is -0.264. The summed E-state index contributed by atoms with van der Waals surface area (Å²) < 4.78 is 0. The van der Waals surface area contributed by atoms with E-state index in [-0.39, 0.29) is 29.3 Å². The van der Waals surface area contributed by atoms with Crippen LogP contribution in [-0.4, -0.2) is 30.9 Å². The van der Waals surface area contributed by atoms with Crippen LogP contribution in [-0.2, 0) is 9.59 Å². The monoisotopic (exact) mass is 313 g/mol. The van der Waals surface area contributed by atoms with Gasteiger partial charge in [0.15, 0.2) is 6.04 Å². The highest BCUT2D eigenvalue weighted by molar-refractivity contribution is 6.44. The van der Waals surface area contributed by atoms with E-state index in [9.17, 15) is 9.59 Å². The average molecular weight is 314 g/mol. The maximum Gasteiger partial charge on any atom is 0.292 e. The van der Waals surface area contributed by atoms with Crippen molar-refractivity contribution in [3.63, 3.8) is 0 Å². The van der Waals surface area contributed by atoms with Crippen molar-refractivity contribution in [2.45, 2.75) is 25.3 Å². The van der Waals surface area contributed by atoms with Gasteiger partial charge in [0.05, 0.1) is 35.2 Å². The molecule has 2 heterocycles. The van der Waals surface area contributed by atoms with Crippen molar-refractivity contribution in [1.29, 1.82) is 0 Å². The van der Waals surface area contributed by atoms with Crippen molar-refractivity contribution in [3.8, 4) is 0 Å². The van der Waals surface area contributed by atoms with Crippen LogP contribution in [0.1, 0.15) is 19.3 Å². The van der Waals surface area contributed by atoms with Crippen molar-refractivity contribution < 1.29 is 14.5 Å². The molecule has 0 saturated carbocycles. The zero-order chi connectivity index (χ0) is 14.3. The van der Waals surface area contributed by atoms with Crippen LogP contribution in [0.2, 0.25) is 10.0 Å². The number of nitrogens with zero attached hydrogens (tertiary/aromatic N) is 1. The fourth-order valence-corrected chi connectivity index (χ4v) is 3.43. The maximum atomic E-state index is 12.5. The normalized spacial score (nSPS) is 23.9. The quantitative estimate of drug-likeness (QED) is 0.836. The van der Waals surface area contributed by atoms with E-state index in [1.165, 1.54) is 9.80 Å². The number of carbonyl (C=O) groups is 2. The molecule has 0 radical (unpaired) electrons. The van der Waals surface area contributed by atoms with Crippen molar-refractivity contribution in [2.24, 2.45) is 0 Å². The van der Waals surface area contributed by atoms with E-state index in [2.05, 4.69) is 0 Å². The number of halogens is 2. The predicted octanol–water partition coefficient (Wildman–Crippen LogP) is 1.30. The van der Waals surface area contributed by atoms with Gasteiger partial charge in [-0.3, -0.25) is 9.59 Å². The first-order chi connectivity index (χ1) is 9.59. The third-order valence-electron chi connectivity index (χ3n) is 4.06. The van der Waals surface area contributed by atoms with Crippen molar-refractivity contribution in [3.05, 3.63) is 28.2 Å². The van der Waals surface area contributed by atoms with Gasteiger partial charge in [-0.25, -0.2) is 4.90 Å². The standard InChI is InChI=1S/C14H14Cl2N2O2/c15-9-4-3-5-10(13(9)16)18-12(19)8-11(14(18)20)17-6-1-2-7-17/h3-5,11H,1-2,6-8H2/p+1/t11-/m1/s1. The molecule has 2 aliphatic heterocycles. The molecule has 0 aromatic heterocycles. The smallest absolute Gasteiger partial charge is 0.292 e. The Kier molecular flexibility index (Phi) is 3.71.